The summed E-state index contributed by atoms with van der Waals surface area (Å²) in [6.07, 6.45) is -2.39. The van der Waals surface area contributed by atoms with Crippen LogP contribution >= 0.6 is 0 Å². The van der Waals surface area contributed by atoms with Gasteiger partial charge in [0.25, 0.3) is 0 Å². The van der Waals surface area contributed by atoms with Crippen LogP contribution in [-0.4, -0.2) is 80.6 Å². The molecule has 42 heavy (non-hydrogen) atoms. The molecule has 222 valence electrons. The highest BCUT2D eigenvalue weighted by molar-refractivity contribution is 6.08. The van der Waals surface area contributed by atoms with Gasteiger partial charge in [-0.2, -0.15) is 0 Å². The fourth-order valence-corrected chi connectivity index (χ4v) is 6.80. The molecule has 2 saturated heterocycles. The number of aromatic hydroxyl groups is 2. The number of ketones is 2. The van der Waals surface area contributed by atoms with Crippen LogP contribution < -0.4 is 9.47 Å². The van der Waals surface area contributed by atoms with Gasteiger partial charge < -0.3 is 39.4 Å². The second-order valence-electron chi connectivity index (χ2n) is 11.7. The van der Waals surface area contributed by atoms with E-state index in [1.54, 1.807) is 13.8 Å². The Morgan fingerprint density at radius 1 is 0.738 bits per heavy atom. The van der Waals surface area contributed by atoms with Gasteiger partial charge in [-0.15, -0.1) is 0 Å². The Kier molecular flexibility index (Phi) is 6.46. The maximum Gasteiger partial charge on any atom is 0.306 e. The Labute approximate surface area is 239 Å². The SMILES string of the molecule is C[C@H]1CC(=O)O[C@@H]1[C@@]1(CO)CC(=O)c2c(ccc(-c3ccc(O)c4c3O[C@@](CO)([C@H]3OC(=O)C[C@@H]3C)CC4=O)c2O)O1. The number of rotatable bonds is 5. The highest BCUT2D eigenvalue weighted by Gasteiger charge is 2.56. The van der Waals surface area contributed by atoms with Crippen molar-refractivity contribution in [2.75, 3.05) is 13.2 Å². The zero-order valence-corrected chi connectivity index (χ0v) is 22.9. The monoisotopic (exact) mass is 582 g/mol. The Morgan fingerprint density at radius 3 is 1.79 bits per heavy atom. The van der Waals surface area contributed by atoms with E-state index < -0.39 is 65.9 Å². The molecule has 6 atom stereocenters. The predicted molar refractivity (Wildman–Crippen MR) is 141 cm³/mol. The summed E-state index contributed by atoms with van der Waals surface area (Å²) in [6.45, 7) is 2.20. The van der Waals surface area contributed by atoms with Gasteiger partial charge in [-0.1, -0.05) is 13.8 Å². The van der Waals surface area contributed by atoms with Crippen LogP contribution in [0.1, 0.15) is 60.2 Å². The van der Waals surface area contributed by atoms with E-state index in [1.807, 2.05) is 0 Å². The average molecular weight is 583 g/mol. The Balaban J connectivity index is 1.44. The topological polar surface area (TPSA) is 186 Å². The van der Waals surface area contributed by atoms with Crippen LogP contribution in [0.3, 0.4) is 0 Å². The van der Waals surface area contributed by atoms with E-state index in [9.17, 15) is 39.6 Å². The van der Waals surface area contributed by atoms with Gasteiger partial charge in [-0.05, 0) is 24.3 Å². The van der Waals surface area contributed by atoms with Crippen molar-refractivity contribution in [3.8, 4) is 34.1 Å². The van der Waals surface area contributed by atoms with Crippen molar-refractivity contribution in [1.29, 1.82) is 0 Å². The molecule has 4 N–H and O–H groups in total. The molecule has 0 spiro atoms. The Bertz CT molecular complexity index is 1530. The summed E-state index contributed by atoms with van der Waals surface area (Å²) in [7, 11) is 0. The minimum absolute atomic E-state index is 0.0299. The van der Waals surface area contributed by atoms with Gasteiger partial charge in [0, 0.05) is 23.0 Å². The molecule has 0 unspecified atom stereocenters. The first-order valence-corrected chi connectivity index (χ1v) is 13.7. The van der Waals surface area contributed by atoms with Crippen molar-refractivity contribution >= 4 is 23.5 Å². The van der Waals surface area contributed by atoms with Gasteiger partial charge in [-0.25, -0.2) is 0 Å². The van der Waals surface area contributed by atoms with Crippen LogP contribution in [0.5, 0.6) is 23.0 Å². The molecule has 12 heteroatoms. The minimum atomic E-state index is -1.64. The summed E-state index contributed by atoms with van der Waals surface area (Å²) >= 11 is 0. The molecular weight excluding hydrogens is 552 g/mol. The molecule has 0 radical (unpaired) electrons. The lowest BCUT2D eigenvalue weighted by molar-refractivity contribution is -0.156. The number of aliphatic hydroxyl groups is 2. The number of aliphatic hydroxyl groups excluding tert-OH is 2. The number of benzene rings is 2. The highest BCUT2D eigenvalue weighted by atomic mass is 16.6. The predicted octanol–water partition coefficient (Wildman–Crippen LogP) is 2.06. The number of phenols is 2. The summed E-state index contributed by atoms with van der Waals surface area (Å²) in [5.41, 5.74) is -3.33. The second kappa shape index (κ2) is 9.70. The normalized spacial score (nSPS) is 32.0. The molecule has 0 amide bonds. The first-order chi connectivity index (χ1) is 19.9. The van der Waals surface area contributed by atoms with Crippen molar-refractivity contribution in [3.63, 3.8) is 0 Å². The summed E-state index contributed by atoms with van der Waals surface area (Å²) in [5.74, 6) is -3.84. The molecule has 2 aromatic carbocycles. The quantitative estimate of drug-likeness (QED) is 0.377. The third-order valence-electron chi connectivity index (χ3n) is 8.76. The van der Waals surface area contributed by atoms with Gasteiger partial charge in [0.05, 0.1) is 38.9 Å². The standard InChI is InChI=1S/C30H30O12/c1-13-7-21(36)39-27(13)29(11-31)10-19(35)24-20(41-29)6-4-15(25(24)38)16-3-5-17(33)23-18(34)9-30(12-32,42-26(16)23)28-14(2)8-22(37)40-28/h3-6,13-14,27-28,31-33,38H,7-12H2,1-2H3/t13-,14-,27-,28-,29-,30-/m0/s1. The van der Waals surface area contributed by atoms with Crippen LogP contribution in [0.2, 0.25) is 0 Å². The molecule has 2 aromatic rings. The zero-order valence-electron chi connectivity index (χ0n) is 22.9. The third-order valence-corrected chi connectivity index (χ3v) is 8.76. The van der Waals surface area contributed by atoms with Gasteiger partial charge in [0.1, 0.15) is 46.3 Å². The summed E-state index contributed by atoms with van der Waals surface area (Å²) < 4.78 is 23.2. The molecule has 0 bridgehead atoms. The second-order valence-corrected chi connectivity index (χ2v) is 11.7. The van der Waals surface area contributed by atoms with Gasteiger partial charge in [0.2, 0.25) is 0 Å². The number of hydrogen-bond acceptors (Lipinski definition) is 12. The van der Waals surface area contributed by atoms with Crippen LogP contribution in [0.25, 0.3) is 11.1 Å². The number of ether oxygens (including phenoxy) is 4. The summed E-state index contributed by atoms with van der Waals surface area (Å²) in [6, 6.07) is 5.49. The van der Waals surface area contributed by atoms with E-state index in [2.05, 4.69) is 0 Å². The first-order valence-electron chi connectivity index (χ1n) is 13.7. The number of fused-ring (bicyclic) bond motifs is 2. The van der Waals surface area contributed by atoms with Gasteiger partial charge in [0.15, 0.2) is 22.8 Å². The van der Waals surface area contributed by atoms with Crippen LogP contribution in [-0.2, 0) is 19.1 Å². The summed E-state index contributed by atoms with van der Waals surface area (Å²) in [5, 5.41) is 42.7. The van der Waals surface area contributed by atoms with E-state index in [0.29, 0.717) is 0 Å². The maximum absolute atomic E-state index is 13.5. The fourth-order valence-electron chi connectivity index (χ4n) is 6.80. The molecule has 4 aliphatic rings. The zero-order chi connectivity index (χ0) is 30.1. The number of carbonyl (C=O) groups is 4. The van der Waals surface area contributed by atoms with Crippen molar-refractivity contribution in [2.45, 2.75) is 62.9 Å². The van der Waals surface area contributed by atoms with Gasteiger partial charge >= 0.3 is 11.9 Å². The molecule has 2 fully saturated rings. The number of phenolic OH excluding ortho intramolecular Hbond substituents is 2. The highest BCUT2D eigenvalue weighted by Crippen LogP contribution is 2.52. The molecular formula is C30H30O12. The summed E-state index contributed by atoms with van der Waals surface area (Å²) in [4.78, 5) is 50.8. The minimum Gasteiger partial charge on any atom is -0.507 e. The van der Waals surface area contributed by atoms with E-state index >= 15 is 0 Å². The lowest BCUT2D eigenvalue weighted by Gasteiger charge is -2.42. The third kappa shape index (κ3) is 4.03. The molecule has 6 rings (SSSR count). The van der Waals surface area contributed by atoms with Crippen LogP contribution in [0, 0.1) is 11.8 Å². The van der Waals surface area contributed by atoms with E-state index in [-0.39, 0.29) is 77.0 Å². The molecule has 4 heterocycles. The molecule has 12 nitrogen and oxygen atoms in total. The average Bonchev–Trinajstić information content (AvgIpc) is 3.48. The van der Waals surface area contributed by atoms with Crippen LogP contribution in [0.4, 0.5) is 0 Å². The smallest absolute Gasteiger partial charge is 0.306 e. The van der Waals surface area contributed by atoms with Crippen LogP contribution in [0.15, 0.2) is 24.3 Å². The molecule has 0 aromatic heterocycles. The number of hydrogen-bond donors (Lipinski definition) is 4. The van der Waals surface area contributed by atoms with Crippen molar-refractivity contribution in [3.05, 3.63) is 35.4 Å². The number of cyclic esters (lactones) is 2. The molecule has 0 saturated carbocycles. The lowest BCUT2D eigenvalue weighted by Crippen LogP contribution is -2.56. The lowest BCUT2D eigenvalue weighted by atomic mass is 9.79. The van der Waals surface area contributed by atoms with Crippen molar-refractivity contribution in [2.24, 2.45) is 11.8 Å². The largest absolute Gasteiger partial charge is 0.507 e. The van der Waals surface area contributed by atoms with E-state index in [1.165, 1.54) is 24.3 Å². The van der Waals surface area contributed by atoms with E-state index in [4.69, 9.17) is 18.9 Å². The maximum atomic E-state index is 13.5. The first kappa shape index (κ1) is 28.0. The van der Waals surface area contributed by atoms with Crippen molar-refractivity contribution in [1.82, 2.24) is 0 Å². The Hall–Kier alpha value is -4.16. The number of esters is 2. The molecule has 0 aliphatic carbocycles. The number of Topliss-reactive ketones (excluding diaryl/α,β-unsaturated/α-hetero) is 2. The Morgan fingerprint density at radius 2 is 1.26 bits per heavy atom. The molecule has 4 aliphatic heterocycles. The van der Waals surface area contributed by atoms with Crippen molar-refractivity contribution < 1.29 is 58.6 Å². The van der Waals surface area contributed by atoms with Gasteiger partial charge in [-0.3, -0.25) is 19.2 Å². The van der Waals surface area contributed by atoms with E-state index in [0.717, 1.165) is 0 Å². The number of carbonyl (C=O) groups excluding carboxylic acids is 4. The fraction of sp³-hybridized carbons (Fsp3) is 0.467.